The van der Waals surface area contributed by atoms with Gasteiger partial charge in [0, 0.05) is 25.1 Å². The molecule has 0 spiro atoms. The number of anilines is 1. The molecule has 1 rings (SSSR count). The van der Waals surface area contributed by atoms with Crippen LogP contribution in [0.2, 0.25) is 5.15 Å². The van der Waals surface area contributed by atoms with Crippen molar-refractivity contribution in [2.24, 2.45) is 0 Å². The predicted octanol–water partition coefficient (Wildman–Crippen LogP) is 3.24. The lowest BCUT2D eigenvalue weighted by Crippen LogP contribution is -2.25. The Morgan fingerprint density at radius 2 is 2.10 bits per heavy atom. The van der Waals surface area contributed by atoms with E-state index in [0.717, 1.165) is 0 Å². The third kappa shape index (κ3) is 6.10. The van der Waals surface area contributed by atoms with Gasteiger partial charge in [0.1, 0.15) is 11.0 Å². The molecular weight excluding hydrogens is 295 g/mol. The molecule has 2 N–H and O–H groups in total. The van der Waals surface area contributed by atoms with Crippen molar-refractivity contribution in [2.75, 3.05) is 18.4 Å². The molecule has 8 heteroatoms. The zero-order valence-corrected chi connectivity index (χ0v) is 11.6. The van der Waals surface area contributed by atoms with Crippen LogP contribution in [-0.2, 0) is 0 Å². The van der Waals surface area contributed by atoms with Gasteiger partial charge in [-0.05, 0) is 25.5 Å². The summed E-state index contributed by atoms with van der Waals surface area (Å²) in [5.74, 6) is -0.0314. The predicted molar refractivity (Wildman–Crippen MR) is 71.0 cm³/mol. The first-order chi connectivity index (χ1) is 9.31. The SMILES string of the molecule is CCNc1cc(C(=O)NCCCC(F)(F)F)cc(Cl)n1. The van der Waals surface area contributed by atoms with Gasteiger partial charge in [0.05, 0.1) is 0 Å². The van der Waals surface area contributed by atoms with Gasteiger partial charge in [-0.1, -0.05) is 11.6 Å². The zero-order valence-electron chi connectivity index (χ0n) is 10.9. The maximum atomic E-state index is 11.9. The topological polar surface area (TPSA) is 54.0 Å². The summed E-state index contributed by atoms with van der Waals surface area (Å²) in [5, 5.41) is 5.46. The zero-order chi connectivity index (χ0) is 15.2. The Morgan fingerprint density at radius 1 is 1.40 bits per heavy atom. The summed E-state index contributed by atoms with van der Waals surface area (Å²) in [6.45, 7) is 2.42. The number of rotatable bonds is 6. The Hall–Kier alpha value is -1.50. The first-order valence-electron chi connectivity index (χ1n) is 6.08. The number of carbonyl (C=O) groups excluding carboxylic acids is 1. The Labute approximate surface area is 119 Å². The van der Waals surface area contributed by atoms with Gasteiger partial charge in [0.2, 0.25) is 0 Å². The molecule has 0 aliphatic rings. The van der Waals surface area contributed by atoms with Crippen LogP contribution in [0.5, 0.6) is 0 Å². The monoisotopic (exact) mass is 309 g/mol. The molecular formula is C12H15ClF3N3O. The quantitative estimate of drug-likeness (QED) is 0.626. The molecule has 1 aromatic rings. The summed E-state index contributed by atoms with van der Waals surface area (Å²) in [6, 6.07) is 2.86. The van der Waals surface area contributed by atoms with Crippen LogP contribution < -0.4 is 10.6 Å². The molecule has 112 valence electrons. The van der Waals surface area contributed by atoms with Gasteiger partial charge in [-0.15, -0.1) is 0 Å². The lowest BCUT2D eigenvalue weighted by Gasteiger charge is -2.09. The van der Waals surface area contributed by atoms with E-state index >= 15 is 0 Å². The molecule has 0 aliphatic heterocycles. The summed E-state index contributed by atoms with van der Waals surface area (Å²) in [7, 11) is 0. The molecule has 4 nitrogen and oxygen atoms in total. The molecule has 1 amide bonds. The lowest BCUT2D eigenvalue weighted by atomic mass is 10.2. The minimum Gasteiger partial charge on any atom is -0.370 e. The summed E-state index contributed by atoms with van der Waals surface area (Å²) >= 11 is 5.77. The van der Waals surface area contributed by atoms with E-state index in [2.05, 4.69) is 15.6 Å². The van der Waals surface area contributed by atoms with Crippen molar-refractivity contribution >= 4 is 23.3 Å². The van der Waals surface area contributed by atoms with E-state index in [1.165, 1.54) is 12.1 Å². The van der Waals surface area contributed by atoms with Crippen LogP contribution in [0.4, 0.5) is 19.0 Å². The maximum Gasteiger partial charge on any atom is 0.389 e. The Bertz CT molecular complexity index is 466. The Kier molecular flexibility index (Phi) is 6.06. The van der Waals surface area contributed by atoms with Gasteiger partial charge < -0.3 is 10.6 Å². The number of hydrogen-bond acceptors (Lipinski definition) is 3. The second-order valence-corrected chi connectivity index (χ2v) is 4.46. The Balaban J connectivity index is 2.55. The molecule has 0 fully saturated rings. The van der Waals surface area contributed by atoms with E-state index in [1.54, 1.807) is 0 Å². The molecule has 0 bridgehead atoms. The first kappa shape index (κ1) is 16.6. The highest BCUT2D eigenvalue weighted by molar-refractivity contribution is 6.29. The smallest absolute Gasteiger partial charge is 0.370 e. The summed E-state index contributed by atoms with van der Waals surface area (Å²) in [4.78, 5) is 15.7. The van der Waals surface area contributed by atoms with E-state index in [0.29, 0.717) is 12.4 Å². The largest absolute Gasteiger partial charge is 0.389 e. The number of aromatic nitrogens is 1. The minimum absolute atomic E-state index is 0.0468. The van der Waals surface area contributed by atoms with E-state index < -0.39 is 18.5 Å². The molecule has 0 aliphatic carbocycles. The van der Waals surface area contributed by atoms with Gasteiger partial charge in [-0.3, -0.25) is 4.79 Å². The number of nitrogens with one attached hydrogen (secondary N) is 2. The average molecular weight is 310 g/mol. The van der Waals surface area contributed by atoms with Crippen molar-refractivity contribution < 1.29 is 18.0 Å². The molecule has 1 heterocycles. The van der Waals surface area contributed by atoms with E-state index in [9.17, 15) is 18.0 Å². The molecule has 0 radical (unpaired) electrons. The van der Waals surface area contributed by atoms with Crippen molar-refractivity contribution in [3.05, 3.63) is 22.8 Å². The van der Waals surface area contributed by atoms with Gasteiger partial charge in [0.25, 0.3) is 5.91 Å². The van der Waals surface area contributed by atoms with Gasteiger partial charge in [0.15, 0.2) is 0 Å². The number of hydrogen-bond donors (Lipinski definition) is 2. The van der Waals surface area contributed by atoms with Crippen LogP contribution >= 0.6 is 11.6 Å². The number of carbonyl (C=O) groups is 1. The third-order valence-corrected chi connectivity index (χ3v) is 2.53. The molecule has 0 saturated carbocycles. The molecule has 1 aromatic heterocycles. The van der Waals surface area contributed by atoms with Crippen LogP contribution in [0.25, 0.3) is 0 Å². The highest BCUT2D eigenvalue weighted by Gasteiger charge is 2.26. The van der Waals surface area contributed by atoms with Crippen molar-refractivity contribution in [3.8, 4) is 0 Å². The third-order valence-electron chi connectivity index (χ3n) is 2.34. The second kappa shape index (κ2) is 7.33. The normalized spacial score (nSPS) is 11.2. The molecule has 0 unspecified atom stereocenters. The highest BCUT2D eigenvalue weighted by Crippen LogP contribution is 2.20. The molecule has 20 heavy (non-hydrogen) atoms. The van der Waals surface area contributed by atoms with Crippen molar-refractivity contribution in [1.82, 2.24) is 10.3 Å². The van der Waals surface area contributed by atoms with E-state index in [-0.39, 0.29) is 23.7 Å². The van der Waals surface area contributed by atoms with Crippen LogP contribution in [0.3, 0.4) is 0 Å². The summed E-state index contributed by atoms with van der Waals surface area (Å²) in [6.07, 6.45) is -5.29. The molecule has 0 saturated heterocycles. The molecule has 0 aromatic carbocycles. The number of pyridine rings is 1. The number of amides is 1. The van der Waals surface area contributed by atoms with Gasteiger partial charge in [-0.25, -0.2) is 4.98 Å². The highest BCUT2D eigenvalue weighted by atomic mass is 35.5. The number of halogens is 4. The summed E-state index contributed by atoms with van der Waals surface area (Å²) < 4.78 is 35.8. The number of alkyl halides is 3. The number of nitrogens with zero attached hydrogens (tertiary/aromatic N) is 1. The first-order valence-corrected chi connectivity index (χ1v) is 6.46. The Morgan fingerprint density at radius 3 is 2.70 bits per heavy atom. The fraction of sp³-hybridized carbons (Fsp3) is 0.500. The van der Waals surface area contributed by atoms with Crippen molar-refractivity contribution in [2.45, 2.75) is 25.9 Å². The van der Waals surface area contributed by atoms with Crippen LogP contribution in [-0.4, -0.2) is 30.2 Å². The van der Waals surface area contributed by atoms with Gasteiger partial charge in [-0.2, -0.15) is 13.2 Å². The van der Waals surface area contributed by atoms with E-state index in [1.807, 2.05) is 6.92 Å². The van der Waals surface area contributed by atoms with Crippen molar-refractivity contribution in [3.63, 3.8) is 0 Å². The lowest BCUT2D eigenvalue weighted by molar-refractivity contribution is -0.135. The average Bonchev–Trinajstić information content (AvgIpc) is 2.33. The van der Waals surface area contributed by atoms with Crippen LogP contribution in [0.1, 0.15) is 30.1 Å². The van der Waals surface area contributed by atoms with Crippen molar-refractivity contribution in [1.29, 1.82) is 0 Å². The van der Waals surface area contributed by atoms with Crippen LogP contribution in [0, 0.1) is 0 Å². The maximum absolute atomic E-state index is 11.9. The molecule has 0 atom stereocenters. The fourth-order valence-corrected chi connectivity index (χ4v) is 1.70. The minimum atomic E-state index is -4.21. The van der Waals surface area contributed by atoms with Gasteiger partial charge >= 0.3 is 6.18 Å². The summed E-state index contributed by atoms with van der Waals surface area (Å²) in [5.41, 5.74) is 0.257. The fourth-order valence-electron chi connectivity index (χ4n) is 1.49. The van der Waals surface area contributed by atoms with E-state index in [4.69, 9.17) is 11.6 Å². The van der Waals surface area contributed by atoms with Crippen LogP contribution in [0.15, 0.2) is 12.1 Å². The standard InChI is InChI=1S/C12H15ClF3N3O/c1-2-17-10-7-8(6-9(13)19-10)11(20)18-5-3-4-12(14,15)16/h6-7H,2-5H2,1H3,(H,17,19)(H,18,20). The second-order valence-electron chi connectivity index (χ2n) is 4.07.